The van der Waals surface area contributed by atoms with Crippen molar-refractivity contribution in [1.82, 2.24) is 0 Å². The van der Waals surface area contributed by atoms with Gasteiger partial charge in [-0.1, -0.05) is 104 Å². The van der Waals surface area contributed by atoms with Gasteiger partial charge in [-0.05, 0) is 12.8 Å². The Balaban J connectivity index is -0.000000771. The van der Waals surface area contributed by atoms with Gasteiger partial charge < -0.3 is 9.66 Å². The first-order valence-electron chi connectivity index (χ1n) is 10.6. The van der Waals surface area contributed by atoms with Crippen molar-refractivity contribution in [2.24, 2.45) is 0 Å². The molecule has 162 valence electrons. The molecular weight excluding hydrogens is 387 g/mol. The molecule has 0 aromatic rings. The van der Waals surface area contributed by atoms with Crippen LogP contribution in [0.1, 0.15) is 110 Å². The van der Waals surface area contributed by atoms with Crippen LogP contribution in [0.15, 0.2) is 12.2 Å². The minimum absolute atomic E-state index is 0. The molecule has 0 rings (SSSR count). The van der Waals surface area contributed by atoms with E-state index in [1.165, 1.54) is 84.0 Å². The summed E-state index contributed by atoms with van der Waals surface area (Å²) < 4.78 is 28.3. The van der Waals surface area contributed by atoms with Crippen LogP contribution in [0.5, 0.6) is 0 Å². The van der Waals surface area contributed by atoms with Crippen LogP contribution in [0.4, 0.5) is 0 Å². The monoisotopic (exact) mass is 428 g/mol. The largest absolute Gasteiger partial charge is 1.00 e. The average molecular weight is 429 g/mol. The first-order chi connectivity index (χ1) is 12.7. The molecular formula is C21H41NaO5S. The molecule has 0 amide bonds. The van der Waals surface area contributed by atoms with Gasteiger partial charge in [0.25, 0.3) is 0 Å². The Bertz CT molecular complexity index is 463. The molecule has 0 radical (unpaired) electrons. The molecule has 1 N–H and O–H groups in total. The minimum Gasteiger partial charge on any atom is -0.748 e. The smallest absolute Gasteiger partial charge is 0.748 e. The second-order valence-electron chi connectivity index (χ2n) is 7.10. The standard InChI is InChI=1S/C19H36O2.C2H6O3S.Na/c1-3-4-5-6-7-8-9-10-11-12-13-14-15-16-17-18(2)19(20)21;1-2-6(3,4)5;/h2-17H2,1H3,(H,20,21);2H2,1H3,(H,3,4,5);/q;;+1/p-1. The van der Waals surface area contributed by atoms with Crippen LogP contribution in [-0.4, -0.2) is 29.8 Å². The first kappa shape index (κ1) is 32.8. The Morgan fingerprint density at radius 2 is 1.07 bits per heavy atom. The number of carboxylic acid groups (broad SMARTS) is 1. The number of aliphatic carboxylic acids is 1. The second kappa shape index (κ2) is 23.4. The number of rotatable bonds is 17. The van der Waals surface area contributed by atoms with Crippen molar-refractivity contribution in [1.29, 1.82) is 0 Å². The summed E-state index contributed by atoms with van der Waals surface area (Å²) in [6.07, 6.45) is 19.2. The van der Waals surface area contributed by atoms with E-state index in [0.717, 1.165) is 12.8 Å². The van der Waals surface area contributed by atoms with E-state index in [4.69, 9.17) is 5.11 Å². The van der Waals surface area contributed by atoms with Crippen molar-refractivity contribution in [2.75, 3.05) is 5.75 Å². The number of hydrogen-bond donors (Lipinski definition) is 1. The van der Waals surface area contributed by atoms with Crippen LogP contribution in [0.3, 0.4) is 0 Å². The molecule has 0 bridgehead atoms. The van der Waals surface area contributed by atoms with E-state index in [9.17, 15) is 17.8 Å². The third kappa shape index (κ3) is 30.8. The maximum Gasteiger partial charge on any atom is 1.00 e. The summed E-state index contributed by atoms with van der Waals surface area (Å²) in [5.41, 5.74) is 0.355. The van der Waals surface area contributed by atoms with Crippen molar-refractivity contribution in [3.05, 3.63) is 12.2 Å². The van der Waals surface area contributed by atoms with Gasteiger partial charge in [-0.3, -0.25) is 0 Å². The number of hydrogen-bond acceptors (Lipinski definition) is 4. The molecule has 0 spiro atoms. The van der Waals surface area contributed by atoms with E-state index >= 15 is 0 Å². The van der Waals surface area contributed by atoms with E-state index < -0.39 is 16.1 Å². The topological polar surface area (TPSA) is 94.5 Å². The van der Waals surface area contributed by atoms with E-state index in [1.807, 2.05) is 0 Å². The van der Waals surface area contributed by atoms with Gasteiger partial charge in [0.1, 0.15) is 0 Å². The average Bonchev–Trinajstić information content (AvgIpc) is 2.61. The van der Waals surface area contributed by atoms with Crippen LogP contribution in [0.25, 0.3) is 0 Å². The van der Waals surface area contributed by atoms with E-state index in [1.54, 1.807) is 0 Å². The summed E-state index contributed by atoms with van der Waals surface area (Å²) in [5, 5.41) is 8.69. The molecule has 0 aromatic carbocycles. The normalized spacial score (nSPS) is 10.5. The maximum atomic E-state index is 10.6. The summed E-state index contributed by atoms with van der Waals surface area (Å²) in [7, 11) is -3.91. The van der Waals surface area contributed by atoms with Gasteiger partial charge in [-0.25, -0.2) is 13.2 Å². The van der Waals surface area contributed by atoms with Crippen molar-refractivity contribution >= 4 is 16.1 Å². The molecule has 0 saturated carbocycles. The second-order valence-corrected chi connectivity index (χ2v) is 8.79. The Hall–Kier alpha value is 0.120. The van der Waals surface area contributed by atoms with Crippen molar-refractivity contribution in [2.45, 2.75) is 110 Å². The van der Waals surface area contributed by atoms with Gasteiger partial charge in [0.05, 0.1) is 10.1 Å². The fourth-order valence-corrected chi connectivity index (χ4v) is 2.64. The van der Waals surface area contributed by atoms with Gasteiger partial charge >= 0.3 is 35.5 Å². The van der Waals surface area contributed by atoms with Crippen LogP contribution in [-0.2, 0) is 14.9 Å². The third-order valence-corrected chi connectivity index (χ3v) is 5.20. The molecule has 0 aliphatic heterocycles. The Morgan fingerprint density at radius 3 is 1.32 bits per heavy atom. The Kier molecular flexibility index (Phi) is 27.4. The van der Waals surface area contributed by atoms with Crippen LogP contribution in [0.2, 0.25) is 0 Å². The number of carboxylic acids is 1. The van der Waals surface area contributed by atoms with Crippen molar-refractivity contribution in [3.63, 3.8) is 0 Å². The molecule has 0 atom stereocenters. The fourth-order valence-electron chi connectivity index (χ4n) is 2.64. The van der Waals surface area contributed by atoms with Gasteiger partial charge in [-0.2, -0.15) is 0 Å². The fraction of sp³-hybridized carbons (Fsp3) is 0.857. The van der Waals surface area contributed by atoms with Gasteiger partial charge in [0, 0.05) is 11.3 Å². The quantitative estimate of drug-likeness (QED) is 0.166. The van der Waals surface area contributed by atoms with E-state index in [2.05, 4.69) is 13.5 Å². The molecule has 0 aromatic heterocycles. The molecule has 7 heteroatoms. The Morgan fingerprint density at radius 1 is 0.786 bits per heavy atom. The van der Waals surface area contributed by atoms with Crippen LogP contribution in [0, 0.1) is 0 Å². The van der Waals surface area contributed by atoms with Crippen LogP contribution < -0.4 is 29.6 Å². The zero-order valence-electron chi connectivity index (χ0n) is 18.5. The molecule has 0 heterocycles. The van der Waals surface area contributed by atoms with Crippen molar-refractivity contribution < 1.29 is 52.4 Å². The van der Waals surface area contributed by atoms with E-state index in [-0.39, 0.29) is 35.3 Å². The SMILES string of the molecule is C=C(CCCCCCCCCCCCCCCC)C(=O)O.CCS(=O)(=O)[O-].[Na+]. The van der Waals surface area contributed by atoms with Gasteiger partial charge in [0.15, 0.2) is 0 Å². The van der Waals surface area contributed by atoms with Gasteiger partial charge in [0.2, 0.25) is 0 Å². The number of unbranched alkanes of at least 4 members (excludes halogenated alkanes) is 13. The summed E-state index contributed by atoms with van der Waals surface area (Å²) in [5.74, 6) is -1.16. The predicted octanol–water partition coefficient (Wildman–Crippen LogP) is 3.05. The third-order valence-electron chi connectivity index (χ3n) is 4.49. The summed E-state index contributed by atoms with van der Waals surface area (Å²) in [6, 6.07) is 0. The number of carbonyl (C=O) groups is 1. The predicted molar refractivity (Wildman–Crippen MR) is 112 cm³/mol. The minimum atomic E-state index is -3.91. The van der Waals surface area contributed by atoms with E-state index in [0.29, 0.717) is 12.0 Å². The van der Waals surface area contributed by atoms with Crippen LogP contribution >= 0.6 is 0 Å². The molecule has 5 nitrogen and oxygen atoms in total. The maximum absolute atomic E-state index is 10.6. The first-order valence-corrected chi connectivity index (χ1v) is 12.2. The molecule has 0 saturated heterocycles. The summed E-state index contributed by atoms with van der Waals surface area (Å²) in [4.78, 5) is 10.6. The Labute approximate surface area is 195 Å². The van der Waals surface area contributed by atoms with Crippen molar-refractivity contribution in [3.8, 4) is 0 Å². The van der Waals surface area contributed by atoms with Gasteiger partial charge in [-0.15, -0.1) is 0 Å². The molecule has 0 aliphatic rings. The molecule has 28 heavy (non-hydrogen) atoms. The zero-order chi connectivity index (χ0) is 21.0. The zero-order valence-corrected chi connectivity index (χ0v) is 21.3. The molecule has 0 fully saturated rings. The molecule has 0 unspecified atom stereocenters. The molecule has 0 aliphatic carbocycles. The summed E-state index contributed by atoms with van der Waals surface area (Å²) in [6.45, 7) is 7.13. The summed E-state index contributed by atoms with van der Waals surface area (Å²) >= 11 is 0.